The molecule has 1 aromatic carbocycles. The van der Waals surface area contributed by atoms with Crippen LogP contribution in [0.15, 0.2) is 29.6 Å². The average molecular weight is 448 g/mol. The summed E-state index contributed by atoms with van der Waals surface area (Å²) in [4.78, 5) is 30.6. The van der Waals surface area contributed by atoms with Gasteiger partial charge in [-0.3, -0.25) is 9.59 Å². The number of aromatic nitrogens is 1. The smallest absolute Gasteiger partial charge is 0.271 e. The Kier molecular flexibility index (Phi) is 12.6. The Labute approximate surface area is 181 Å². The van der Waals surface area contributed by atoms with Crippen molar-refractivity contribution in [3.63, 3.8) is 0 Å². The zero-order chi connectivity index (χ0) is 18.9. The molecule has 2 rings (SSSR count). The van der Waals surface area contributed by atoms with E-state index in [0.717, 1.165) is 17.1 Å². The highest BCUT2D eigenvalue weighted by molar-refractivity contribution is 7.09. The van der Waals surface area contributed by atoms with Gasteiger partial charge in [-0.2, -0.15) is 0 Å². The largest absolute Gasteiger partial charge is 0.351 e. The maximum Gasteiger partial charge on any atom is 0.271 e. The molecule has 0 saturated carbocycles. The lowest BCUT2D eigenvalue weighted by molar-refractivity contribution is 0.0942. The lowest BCUT2D eigenvalue weighted by atomic mass is 10.1. The van der Waals surface area contributed by atoms with Crippen LogP contribution in [0.5, 0.6) is 0 Å². The molecule has 2 amide bonds. The van der Waals surface area contributed by atoms with Gasteiger partial charge in [0.2, 0.25) is 0 Å². The molecule has 7 nitrogen and oxygen atoms in total. The molecule has 0 atom stereocenters. The van der Waals surface area contributed by atoms with Crippen LogP contribution < -0.4 is 16.4 Å². The minimum atomic E-state index is -0.231. The summed E-state index contributed by atoms with van der Waals surface area (Å²) in [7, 11) is 3.91. The molecule has 1 heterocycles. The topological polar surface area (TPSA) is 100 Å². The molecule has 156 valence electrons. The highest BCUT2D eigenvalue weighted by atomic mass is 35.5. The van der Waals surface area contributed by atoms with Crippen LogP contribution in [0.4, 0.5) is 0 Å². The summed E-state index contributed by atoms with van der Waals surface area (Å²) in [5, 5.41) is 8.29. The summed E-state index contributed by atoms with van der Waals surface area (Å²) < 4.78 is 0. The highest BCUT2D eigenvalue weighted by Crippen LogP contribution is 2.10. The molecular formula is C18H27Cl2N5O2S. The predicted molar refractivity (Wildman–Crippen MR) is 118 cm³/mol. The molecule has 0 radical (unpaired) electrons. The number of nitrogens with one attached hydrogen (secondary N) is 2. The van der Waals surface area contributed by atoms with Gasteiger partial charge in [0, 0.05) is 37.0 Å². The monoisotopic (exact) mass is 447 g/mol. The SMILES string of the molecule is CN(C)CCNC(=O)c1cccc(CNC(=O)c2csc(CCN)n2)c1.Cl.Cl. The van der Waals surface area contributed by atoms with E-state index >= 15 is 0 Å². The van der Waals surface area contributed by atoms with E-state index in [-0.39, 0.29) is 36.6 Å². The first-order valence-corrected chi connectivity index (χ1v) is 9.32. The Morgan fingerprint density at radius 2 is 1.93 bits per heavy atom. The predicted octanol–water partition coefficient (Wildman–Crippen LogP) is 1.71. The summed E-state index contributed by atoms with van der Waals surface area (Å²) in [5.41, 5.74) is 7.33. The first-order valence-electron chi connectivity index (χ1n) is 8.44. The molecule has 4 N–H and O–H groups in total. The molecule has 0 bridgehead atoms. The van der Waals surface area contributed by atoms with Crippen LogP contribution in [0.2, 0.25) is 0 Å². The van der Waals surface area contributed by atoms with Gasteiger partial charge in [-0.15, -0.1) is 36.2 Å². The highest BCUT2D eigenvalue weighted by Gasteiger charge is 2.11. The summed E-state index contributed by atoms with van der Waals surface area (Å²) in [6.07, 6.45) is 0.670. The fourth-order valence-corrected chi connectivity index (χ4v) is 3.04. The van der Waals surface area contributed by atoms with Crippen molar-refractivity contribution in [2.24, 2.45) is 5.73 Å². The minimum Gasteiger partial charge on any atom is -0.351 e. The number of rotatable bonds is 9. The van der Waals surface area contributed by atoms with Gasteiger partial charge in [0.05, 0.1) is 5.01 Å². The number of nitrogens with two attached hydrogens (primary N) is 1. The fourth-order valence-electron chi connectivity index (χ4n) is 2.24. The molecule has 0 unspecified atom stereocenters. The van der Waals surface area contributed by atoms with Gasteiger partial charge in [-0.25, -0.2) is 4.98 Å². The molecule has 2 aromatic rings. The van der Waals surface area contributed by atoms with Crippen LogP contribution in [0.3, 0.4) is 0 Å². The van der Waals surface area contributed by atoms with E-state index in [1.165, 1.54) is 11.3 Å². The third-order valence-corrected chi connectivity index (χ3v) is 4.54. The molecule has 10 heteroatoms. The second kappa shape index (κ2) is 13.5. The van der Waals surface area contributed by atoms with Gasteiger partial charge in [0.25, 0.3) is 11.8 Å². The van der Waals surface area contributed by atoms with Crippen molar-refractivity contribution in [2.75, 3.05) is 33.7 Å². The van der Waals surface area contributed by atoms with E-state index in [9.17, 15) is 9.59 Å². The maximum atomic E-state index is 12.2. The maximum absolute atomic E-state index is 12.2. The van der Waals surface area contributed by atoms with E-state index < -0.39 is 0 Å². The second-order valence-electron chi connectivity index (χ2n) is 6.11. The Morgan fingerprint density at radius 3 is 2.61 bits per heavy atom. The molecule has 28 heavy (non-hydrogen) atoms. The molecule has 0 fully saturated rings. The normalized spacial score (nSPS) is 10.0. The summed E-state index contributed by atoms with van der Waals surface area (Å²) in [6.45, 7) is 2.21. The number of likely N-dealkylation sites (N-methyl/N-ethyl adjacent to an activating group) is 1. The van der Waals surface area contributed by atoms with Crippen molar-refractivity contribution in [3.05, 3.63) is 51.5 Å². The number of halogens is 2. The molecule has 0 saturated heterocycles. The zero-order valence-electron chi connectivity index (χ0n) is 15.9. The van der Waals surface area contributed by atoms with Crippen molar-refractivity contribution in [1.82, 2.24) is 20.5 Å². The Balaban J connectivity index is 0.00000364. The number of hydrogen-bond donors (Lipinski definition) is 3. The van der Waals surface area contributed by atoms with Gasteiger partial charge in [-0.05, 0) is 38.3 Å². The van der Waals surface area contributed by atoms with Gasteiger partial charge in [0.1, 0.15) is 5.69 Å². The Bertz CT molecular complexity index is 755. The van der Waals surface area contributed by atoms with E-state index in [1.807, 2.05) is 31.1 Å². The fraction of sp³-hybridized carbons (Fsp3) is 0.389. The summed E-state index contributed by atoms with van der Waals surface area (Å²) in [5.74, 6) is -0.351. The average Bonchev–Trinajstić information content (AvgIpc) is 3.08. The summed E-state index contributed by atoms with van der Waals surface area (Å²) in [6, 6.07) is 7.23. The van der Waals surface area contributed by atoms with Crippen molar-refractivity contribution in [3.8, 4) is 0 Å². The lowest BCUT2D eigenvalue weighted by Crippen LogP contribution is -2.31. The second-order valence-corrected chi connectivity index (χ2v) is 7.05. The Morgan fingerprint density at radius 1 is 1.18 bits per heavy atom. The first kappa shape index (κ1) is 26.3. The molecule has 0 aliphatic heterocycles. The van der Waals surface area contributed by atoms with E-state index in [2.05, 4.69) is 15.6 Å². The van der Waals surface area contributed by atoms with Crippen LogP contribution in [0.25, 0.3) is 0 Å². The molecule has 0 aliphatic rings. The van der Waals surface area contributed by atoms with E-state index in [0.29, 0.717) is 37.3 Å². The van der Waals surface area contributed by atoms with Crippen LogP contribution in [-0.4, -0.2) is 55.4 Å². The van der Waals surface area contributed by atoms with Gasteiger partial charge in [-0.1, -0.05) is 12.1 Å². The lowest BCUT2D eigenvalue weighted by Gasteiger charge is -2.11. The zero-order valence-corrected chi connectivity index (χ0v) is 18.4. The molecule has 0 aliphatic carbocycles. The third-order valence-electron chi connectivity index (χ3n) is 3.63. The van der Waals surface area contributed by atoms with Gasteiger partial charge >= 0.3 is 0 Å². The van der Waals surface area contributed by atoms with Crippen LogP contribution in [0.1, 0.15) is 31.4 Å². The minimum absolute atomic E-state index is 0. The van der Waals surface area contributed by atoms with Gasteiger partial charge < -0.3 is 21.3 Å². The van der Waals surface area contributed by atoms with Crippen LogP contribution >= 0.6 is 36.2 Å². The quantitative estimate of drug-likeness (QED) is 0.542. The van der Waals surface area contributed by atoms with Crippen LogP contribution in [0, 0.1) is 0 Å². The number of nitrogens with zero attached hydrogens (tertiary/aromatic N) is 2. The number of carbonyl (C=O) groups excluding carboxylic acids is 2. The third kappa shape index (κ3) is 8.53. The summed E-state index contributed by atoms with van der Waals surface area (Å²) >= 11 is 1.43. The number of hydrogen-bond acceptors (Lipinski definition) is 6. The molecular weight excluding hydrogens is 421 g/mol. The van der Waals surface area contributed by atoms with E-state index in [4.69, 9.17) is 5.73 Å². The van der Waals surface area contributed by atoms with E-state index in [1.54, 1.807) is 17.5 Å². The van der Waals surface area contributed by atoms with Crippen LogP contribution in [-0.2, 0) is 13.0 Å². The number of carbonyl (C=O) groups is 2. The number of benzene rings is 1. The van der Waals surface area contributed by atoms with Crippen molar-refractivity contribution >= 4 is 48.0 Å². The van der Waals surface area contributed by atoms with Crippen molar-refractivity contribution in [2.45, 2.75) is 13.0 Å². The standard InChI is InChI=1S/C18H25N5O2S.2ClH/c1-23(2)9-8-20-17(24)14-5-3-4-13(10-14)11-21-18(25)15-12-26-16(22-15)6-7-19;;/h3-5,10,12H,6-9,11,19H2,1-2H3,(H,20,24)(H,21,25);2*1H. The first-order chi connectivity index (χ1) is 12.5. The van der Waals surface area contributed by atoms with Crippen molar-refractivity contribution in [1.29, 1.82) is 0 Å². The number of thiazole rings is 1. The van der Waals surface area contributed by atoms with Crippen molar-refractivity contribution < 1.29 is 9.59 Å². The van der Waals surface area contributed by atoms with Gasteiger partial charge in [0.15, 0.2) is 0 Å². The number of amides is 2. The Hall–Kier alpha value is -1.71. The molecule has 1 aromatic heterocycles. The molecule has 0 spiro atoms.